The molecule has 0 aliphatic carbocycles. The van der Waals surface area contributed by atoms with Gasteiger partial charge in [-0.15, -0.1) is 0 Å². The first-order valence-electron chi connectivity index (χ1n) is 9.84. The van der Waals surface area contributed by atoms with Crippen LogP contribution in [-0.4, -0.2) is 95.1 Å². The van der Waals surface area contributed by atoms with Crippen LogP contribution in [0.1, 0.15) is 12.0 Å². The summed E-state index contributed by atoms with van der Waals surface area (Å²) in [6.45, 7) is 9.63. The number of rotatable bonds is 8. The summed E-state index contributed by atoms with van der Waals surface area (Å²) in [5, 5.41) is 3.34. The summed E-state index contributed by atoms with van der Waals surface area (Å²) in [6, 6.07) is 7.40. The molecule has 0 saturated carbocycles. The molecule has 2 aliphatic heterocycles. The second-order valence-electron chi connectivity index (χ2n) is 7.31. The summed E-state index contributed by atoms with van der Waals surface area (Å²) in [4.78, 5) is 5.08. The van der Waals surface area contributed by atoms with Crippen LogP contribution in [0.3, 0.4) is 0 Å². The maximum absolute atomic E-state index is 12.9. The molecular formula is C19H32N4O3S. The average molecular weight is 397 g/mol. The molecule has 152 valence electrons. The highest BCUT2D eigenvalue weighted by atomic mass is 32.2. The van der Waals surface area contributed by atoms with Gasteiger partial charge >= 0.3 is 0 Å². The zero-order valence-electron chi connectivity index (χ0n) is 16.3. The molecule has 0 aromatic heterocycles. The Hall–Kier alpha value is -1.03. The Labute approximate surface area is 163 Å². The van der Waals surface area contributed by atoms with E-state index in [9.17, 15) is 8.42 Å². The molecule has 0 amide bonds. The molecule has 27 heavy (non-hydrogen) atoms. The number of benzene rings is 1. The largest absolute Gasteiger partial charge is 0.379 e. The molecule has 1 aromatic carbocycles. The van der Waals surface area contributed by atoms with Gasteiger partial charge in [0.25, 0.3) is 0 Å². The van der Waals surface area contributed by atoms with Crippen molar-refractivity contribution in [2.24, 2.45) is 0 Å². The van der Waals surface area contributed by atoms with E-state index in [2.05, 4.69) is 15.1 Å². The molecule has 7 nitrogen and oxygen atoms in total. The van der Waals surface area contributed by atoms with Crippen LogP contribution in [0.15, 0.2) is 29.2 Å². The highest BCUT2D eigenvalue weighted by Gasteiger charge is 2.21. The maximum atomic E-state index is 12.9. The predicted octanol–water partition coefficient (Wildman–Crippen LogP) is 0.435. The van der Waals surface area contributed by atoms with Crippen molar-refractivity contribution in [2.45, 2.75) is 17.9 Å². The van der Waals surface area contributed by atoms with Crippen molar-refractivity contribution in [1.29, 1.82) is 0 Å². The van der Waals surface area contributed by atoms with E-state index in [1.54, 1.807) is 13.1 Å². The lowest BCUT2D eigenvalue weighted by Gasteiger charge is -2.28. The Kier molecular flexibility index (Phi) is 7.63. The molecule has 0 bridgehead atoms. The van der Waals surface area contributed by atoms with Crippen molar-refractivity contribution < 1.29 is 13.2 Å². The molecule has 1 aromatic rings. The van der Waals surface area contributed by atoms with Gasteiger partial charge in [0, 0.05) is 59.4 Å². The first-order valence-corrected chi connectivity index (χ1v) is 11.3. The number of hydrogen-bond donors (Lipinski definition) is 1. The van der Waals surface area contributed by atoms with Gasteiger partial charge in [-0.2, -0.15) is 0 Å². The summed E-state index contributed by atoms with van der Waals surface area (Å²) in [6.07, 6.45) is 0.830. The van der Waals surface area contributed by atoms with Crippen molar-refractivity contribution in [3.8, 4) is 0 Å². The summed E-state index contributed by atoms with van der Waals surface area (Å²) in [5.74, 6) is 0. The van der Waals surface area contributed by atoms with E-state index in [1.165, 1.54) is 4.31 Å². The SMILES string of the molecule is CN(CCCN1CCOCC1)S(=O)(=O)c1cccc(CN2CCNCC2)c1. The second kappa shape index (κ2) is 9.95. The van der Waals surface area contributed by atoms with Crippen LogP contribution in [0.25, 0.3) is 0 Å². The highest BCUT2D eigenvalue weighted by Crippen LogP contribution is 2.17. The van der Waals surface area contributed by atoms with Gasteiger partial charge in [0.15, 0.2) is 0 Å². The van der Waals surface area contributed by atoms with Crippen LogP contribution in [0.4, 0.5) is 0 Å². The van der Waals surface area contributed by atoms with Gasteiger partial charge in [0.05, 0.1) is 18.1 Å². The smallest absolute Gasteiger partial charge is 0.242 e. The van der Waals surface area contributed by atoms with Gasteiger partial charge in [-0.3, -0.25) is 9.80 Å². The Balaban J connectivity index is 1.55. The first kappa shape index (κ1) is 20.7. The molecule has 2 aliphatic rings. The molecule has 0 unspecified atom stereocenters. The van der Waals surface area contributed by atoms with Gasteiger partial charge in [-0.1, -0.05) is 12.1 Å². The van der Waals surface area contributed by atoms with Crippen LogP contribution in [0.5, 0.6) is 0 Å². The standard InChI is InChI=1S/C19H32N4O3S/c1-21(8-3-9-22-12-14-26-15-13-22)27(24,25)19-5-2-4-18(16-19)17-23-10-6-20-7-11-23/h2,4-5,16,20H,3,6-15,17H2,1H3. The third-order valence-corrected chi connectivity index (χ3v) is 7.13. The third kappa shape index (κ3) is 5.97. The topological polar surface area (TPSA) is 65.1 Å². The summed E-state index contributed by atoms with van der Waals surface area (Å²) in [5.41, 5.74) is 1.06. The molecule has 0 spiro atoms. The maximum Gasteiger partial charge on any atom is 0.242 e. The minimum atomic E-state index is -3.45. The van der Waals surface area contributed by atoms with E-state index >= 15 is 0 Å². The van der Waals surface area contributed by atoms with Crippen LogP contribution in [0, 0.1) is 0 Å². The quantitative estimate of drug-likeness (QED) is 0.688. The Morgan fingerprint density at radius 2 is 1.85 bits per heavy atom. The zero-order valence-corrected chi connectivity index (χ0v) is 17.1. The lowest BCUT2D eigenvalue weighted by molar-refractivity contribution is 0.0370. The Bertz CT molecular complexity index is 686. The minimum absolute atomic E-state index is 0.393. The number of sulfonamides is 1. The van der Waals surface area contributed by atoms with Gasteiger partial charge in [0.1, 0.15) is 0 Å². The van der Waals surface area contributed by atoms with Gasteiger partial charge in [-0.25, -0.2) is 12.7 Å². The highest BCUT2D eigenvalue weighted by molar-refractivity contribution is 7.89. The fourth-order valence-electron chi connectivity index (χ4n) is 3.57. The van der Waals surface area contributed by atoms with Crippen LogP contribution < -0.4 is 5.32 Å². The molecule has 0 radical (unpaired) electrons. The van der Waals surface area contributed by atoms with E-state index < -0.39 is 10.0 Å². The van der Waals surface area contributed by atoms with Gasteiger partial charge < -0.3 is 10.1 Å². The monoisotopic (exact) mass is 396 g/mol. The predicted molar refractivity (Wildman–Crippen MR) is 106 cm³/mol. The minimum Gasteiger partial charge on any atom is -0.379 e. The molecule has 2 saturated heterocycles. The molecule has 2 heterocycles. The van der Waals surface area contributed by atoms with E-state index in [4.69, 9.17) is 4.74 Å². The van der Waals surface area contributed by atoms with Crippen molar-refractivity contribution in [2.75, 3.05) is 72.6 Å². The molecule has 0 atom stereocenters. The lowest BCUT2D eigenvalue weighted by Crippen LogP contribution is -2.42. The number of hydrogen-bond acceptors (Lipinski definition) is 6. The zero-order chi connectivity index (χ0) is 19.1. The first-order chi connectivity index (χ1) is 13.1. The number of morpholine rings is 1. The van der Waals surface area contributed by atoms with Crippen molar-refractivity contribution in [3.05, 3.63) is 29.8 Å². The van der Waals surface area contributed by atoms with Crippen LogP contribution in [0.2, 0.25) is 0 Å². The number of nitrogens with one attached hydrogen (secondary N) is 1. The Morgan fingerprint density at radius 1 is 1.11 bits per heavy atom. The summed E-state index contributed by atoms with van der Waals surface area (Å²) in [7, 11) is -1.77. The number of piperazine rings is 1. The molecule has 3 rings (SSSR count). The van der Waals surface area contributed by atoms with E-state index in [0.29, 0.717) is 11.4 Å². The van der Waals surface area contributed by atoms with Crippen LogP contribution >= 0.6 is 0 Å². The van der Waals surface area contributed by atoms with Crippen LogP contribution in [-0.2, 0) is 21.3 Å². The molecular weight excluding hydrogens is 364 g/mol. The van der Waals surface area contributed by atoms with E-state index in [1.807, 2.05) is 18.2 Å². The molecule has 1 N–H and O–H groups in total. The van der Waals surface area contributed by atoms with Gasteiger partial charge in [0.2, 0.25) is 10.0 Å². The third-order valence-electron chi connectivity index (χ3n) is 5.27. The van der Waals surface area contributed by atoms with Crippen molar-refractivity contribution in [1.82, 2.24) is 19.4 Å². The fraction of sp³-hybridized carbons (Fsp3) is 0.684. The fourth-order valence-corrected chi connectivity index (χ4v) is 4.85. The van der Waals surface area contributed by atoms with Gasteiger partial charge in [-0.05, 0) is 30.7 Å². The number of nitrogens with zero attached hydrogens (tertiary/aromatic N) is 3. The molecule has 2 fully saturated rings. The summed E-state index contributed by atoms with van der Waals surface area (Å²) >= 11 is 0. The normalized spacial score (nSPS) is 20.2. The Morgan fingerprint density at radius 3 is 2.59 bits per heavy atom. The number of ether oxygens (including phenoxy) is 1. The lowest BCUT2D eigenvalue weighted by atomic mass is 10.2. The summed E-state index contributed by atoms with van der Waals surface area (Å²) < 4.78 is 32.7. The molecule has 8 heteroatoms. The van der Waals surface area contributed by atoms with Crippen molar-refractivity contribution in [3.63, 3.8) is 0 Å². The van der Waals surface area contributed by atoms with Crippen molar-refractivity contribution >= 4 is 10.0 Å². The van der Waals surface area contributed by atoms with E-state index in [-0.39, 0.29) is 0 Å². The van der Waals surface area contributed by atoms with E-state index in [0.717, 1.165) is 77.6 Å². The second-order valence-corrected chi connectivity index (χ2v) is 9.35. The average Bonchev–Trinajstić information content (AvgIpc) is 2.70.